The maximum Gasteiger partial charge on any atom is 0.371 e. The van der Waals surface area contributed by atoms with Gasteiger partial charge < -0.3 is 19.3 Å². The number of furan rings is 2. The summed E-state index contributed by atoms with van der Waals surface area (Å²) in [6.07, 6.45) is 1.30. The van der Waals surface area contributed by atoms with Crippen molar-refractivity contribution in [3.63, 3.8) is 0 Å². The topological polar surface area (TPSA) is 92.7 Å². The molecular weight excluding hydrogens is 262 g/mol. The van der Waals surface area contributed by atoms with E-state index in [4.69, 9.17) is 25.5 Å². The summed E-state index contributed by atoms with van der Waals surface area (Å²) in [5.74, 6) is -1.44. The Hall–Kier alpha value is -2.21. The normalized spacial score (nSPS) is 10.3. The number of aromatic carboxylic acids is 1. The zero-order chi connectivity index (χ0) is 13.1. The minimum Gasteiger partial charge on any atom is -0.475 e. The van der Waals surface area contributed by atoms with Crippen LogP contribution in [0.3, 0.4) is 0 Å². The van der Waals surface area contributed by atoms with Gasteiger partial charge in [0, 0.05) is 0 Å². The van der Waals surface area contributed by atoms with E-state index in [0.29, 0.717) is 5.76 Å². The first-order chi connectivity index (χ1) is 8.58. The quantitative estimate of drug-likeness (QED) is 0.887. The van der Waals surface area contributed by atoms with Crippen LogP contribution < -0.4 is 5.32 Å². The summed E-state index contributed by atoms with van der Waals surface area (Å²) in [6.45, 7) is 0.0631. The third-order valence-electron chi connectivity index (χ3n) is 2.16. The molecule has 2 aromatic heterocycles. The molecule has 0 atom stereocenters. The first kappa shape index (κ1) is 12.3. The predicted octanol–water partition coefficient (Wildman–Crippen LogP) is 2.15. The van der Waals surface area contributed by atoms with Gasteiger partial charge >= 0.3 is 5.97 Å². The first-order valence-corrected chi connectivity index (χ1v) is 5.29. The lowest BCUT2D eigenvalue weighted by Gasteiger charge is -2.00. The van der Waals surface area contributed by atoms with Gasteiger partial charge in [0.2, 0.25) is 11.0 Å². The molecule has 0 spiro atoms. The summed E-state index contributed by atoms with van der Waals surface area (Å²) in [5, 5.41) is 11.2. The standard InChI is InChI=1S/C11H8ClNO5/c12-9-7(3-4-17-9)10(14)13-5-6-1-2-8(18-6)11(15)16/h1-4H,5H2,(H,13,14)(H,15,16). The van der Waals surface area contributed by atoms with E-state index in [2.05, 4.69) is 5.32 Å². The van der Waals surface area contributed by atoms with Gasteiger partial charge in [-0.25, -0.2) is 4.79 Å². The van der Waals surface area contributed by atoms with Gasteiger partial charge in [-0.2, -0.15) is 0 Å². The van der Waals surface area contributed by atoms with E-state index in [0.717, 1.165) is 0 Å². The van der Waals surface area contributed by atoms with E-state index in [1.54, 1.807) is 0 Å². The number of carboxylic acids is 1. The van der Waals surface area contributed by atoms with Crippen LogP contribution in [-0.4, -0.2) is 17.0 Å². The smallest absolute Gasteiger partial charge is 0.371 e. The fourth-order valence-corrected chi connectivity index (χ4v) is 1.51. The Morgan fingerprint density at radius 2 is 2.11 bits per heavy atom. The number of nitrogens with one attached hydrogen (secondary N) is 1. The van der Waals surface area contributed by atoms with Gasteiger partial charge in [0.25, 0.3) is 5.91 Å². The summed E-state index contributed by atoms with van der Waals surface area (Å²) in [6, 6.07) is 4.22. The van der Waals surface area contributed by atoms with Crippen molar-refractivity contribution in [1.29, 1.82) is 0 Å². The fraction of sp³-hybridized carbons (Fsp3) is 0.0909. The van der Waals surface area contributed by atoms with E-state index in [1.807, 2.05) is 0 Å². The van der Waals surface area contributed by atoms with Crippen LogP contribution in [0.25, 0.3) is 0 Å². The van der Waals surface area contributed by atoms with Gasteiger partial charge in [0.05, 0.1) is 18.4 Å². The van der Waals surface area contributed by atoms with Gasteiger partial charge in [-0.05, 0) is 29.8 Å². The van der Waals surface area contributed by atoms with Crippen molar-refractivity contribution in [2.24, 2.45) is 0 Å². The van der Waals surface area contributed by atoms with Gasteiger partial charge in [0.1, 0.15) is 5.76 Å². The van der Waals surface area contributed by atoms with Crippen molar-refractivity contribution in [3.8, 4) is 0 Å². The summed E-state index contributed by atoms with van der Waals surface area (Å²) in [5.41, 5.74) is 0.210. The fourth-order valence-electron chi connectivity index (χ4n) is 1.31. The number of hydrogen-bond donors (Lipinski definition) is 2. The van der Waals surface area contributed by atoms with Gasteiger partial charge in [0.15, 0.2) is 0 Å². The molecule has 2 rings (SSSR count). The minimum atomic E-state index is -1.16. The molecule has 0 saturated carbocycles. The number of rotatable bonds is 4. The molecule has 0 fully saturated rings. The molecule has 0 aromatic carbocycles. The van der Waals surface area contributed by atoms with Crippen LogP contribution in [-0.2, 0) is 6.54 Å². The second-order valence-electron chi connectivity index (χ2n) is 3.36. The molecule has 0 radical (unpaired) electrons. The molecule has 6 nitrogen and oxygen atoms in total. The lowest BCUT2D eigenvalue weighted by Crippen LogP contribution is -2.22. The van der Waals surface area contributed by atoms with Crippen molar-refractivity contribution < 1.29 is 23.5 Å². The third kappa shape index (κ3) is 2.54. The predicted molar refractivity (Wildman–Crippen MR) is 60.6 cm³/mol. The molecule has 18 heavy (non-hydrogen) atoms. The van der Waals surface area contributed by atoms with Crippen molar-refractivity contribution in [1.82, 2.24) is 5.32 Å². The number of carboxylic acid groups (broad SMARTS) is 1. The van der Waals surface area contributed by atoms with Crippen molar-refractivity contribution >= 4 is 23.5 Å². The maximum absolute atomic E-state index is 11.6. The number of carbonyl (C=O) groups is 2. The lowest BCUT2D eigenvalue weighted by atomic mass is 10.3. The van der Waals surface area contributed by atoms with Crippen molar-refractivity contribution in [2.45, 2.75) is 6.54 Å². The largest absolute Gasteiger partial charge is 0.475 e. The lowest BCUT2D eigenvalue weighted by molar-refractivity contribution is 0.0660. The van der Waals surface area contributed by atoms with Crippen molar-refractivity contribution in [2.75, 3.05) is 0 Å². The summed E-state index contributed by atoms with van der Waals surface area (Å²) in [7, 11) is 0. The van der Waals surface area contributed by atoms with Crippen LogP contribution in [0.15, 0.2) is 33.3 Å². The Morgan fingerprint density at radius 1 is 1.33 bits per heavy atom. The summed E-state index contributed by atoms with van der Waals surface area (Å²) in [4.78, 5) is 22.2. The zero-order valence-corrected chi connectivity index (χ0v) is 9.73. The number of carbonyl (C=O) groups excluding carboxylic acids is 1. The second-order valence-corrected chi connectivity index (χ2v) is 3.71. The van der Waals surface area contributed by atoms with Crippen molar-refractivity contribution in [3.05, 3.63) is 46.8 Å². The number of hydrogen-bond acceptors (Lipinski definition) is 4. The molecule has 94 valence electrons. The molecule has 7 heteroatoms. The Labute approximate surface area is 106 Å². The van der Waals surface area contributed by atoms with E-state index < -0.39 is 11.9 Å². The molecule has 2 N–H and O–H groups in total. The molecule has 0 aliphatic rings. The molecule has 2 heterocycles. The Kier molecular flexibility index (Phi) is 3.38. The zero-order valence-electron chi connectivity index (χ0n) is 8.97. The third-order valence-corrected chi connectivity index (χ3v) is 2.45. The highest BCUT2D eigenvalue weighted by Crippen LogP contribution is 2.16. The van der Waals surface area contributed by atoms with Crippen LogP contribution in [0.5, 0.6) is 0 Å². The highest BCUT2D eigenvalue weighted by atomic mass is 35.5. The van der Waals surface area contributed by atoms with Crippen LogP contribution in [0.2, 0.25) is 5.22 Å². The van der Waals surface area contributed by atoms with Crippen LogP contribution >= 0.6 is 11.6 Å². The molecule has 0 aliphatic heterocycles. The Bertz CT molecular complexity index is 586. The maximum atomic E-state index is 11.6. The highest BCUT2D eigenvalue weighted by molar-refractivity contribution is 6.32. The Morgan fingerprint density at radius 3 is 2.67 bits per heavy atom. The number of amides is 1. The van der Waals surface area contributed by atoms with E-state index >= 15 is 0 Å². The van der Waals surface area contributed by atoms with Gasteiger partial charge in [-0.15, -0.1) is 0 Å². The van der Waals surface area contributed by atoms with Crippen LogP contribution in [0, 0.1) is 0 Å². The molecule has 0 bridgehead atoms. The van der Waals surface area contributed by atoms with E-state index in [-0.39, 0.29) is 23.1 Å². The van der Waals surface area contributed by atoms with Gasteiger partial charge in [-0.3, -0.25) is 4.79 Å². The molecule has 1 amide bonds. The minimum absolute atomic E-state index is 0.00169. The molecule has 0 aliphatic carbocycles. The number of halogens is 1. The first-order valence-electron chi connectivity index (χ1n) is 4.91. The molecular formula is C11H8ClNO5. The van der Waals surface area contributed by atoms with Crippen LogP contribution in [0.1, 0.15) is 26.7 Å². The molecule has 0 unspecified atom stereocenters. The van der Waals surface area contributed by atoms with Crippen LogP contribution in [0.4, 0.5) is 0 Å². The highest BCUT2D eigenvalue weighted by Gasteiger charge is 2.14. The monoisotopic (exact) mass is 269 g/mol. The second kappa shape index (κ2) is 4.97. The SMILES string of the molecule is O=C(O)c1ccc(CNC(=O)c2ccoc2Cl)o1. The average molecular weight is 270 g/mol. The van der Waals surface area contributed by atoms with Gasteiger partial charge in [-0.1, -0.05) is 0 Å². The summed E-state index contributed by atoms with van der Waals surface area (Å²) >= 11 is 5.63. The van der Waals surface area contributed by atoms with E-state index in [1.165, 1.54) is 24.5 Å². The molecule has 2 aromatic rings. The average Bonchev–Trinajstić information content (AvgIpc) is 2.94. The molecule has 0 saturated heterocycles. The Balaban J connectivity index is 1.97. The summed E-state index contributed by atoms with van der Waals surface area (Å²) < 4.78 is 9.75. The van der Waals surface area contributed by atoms with E-state index in [9.17, 15) is 9.59 Å².